The molecule has 0 atom stereocenters. The summed E-state index contributed by atoms with van der Waals surface area (Å²) < 4.78 is 9.09. The number of carbonyl (C=O) groups excluding carboxylic acids is 4. The Morgan fingerprint density at radius 1 is 1.16 bits per heavy atom. The van der Waals surface area contributed by atoms with Crippen LogP contribution in [0, 0.1) is 0 Å². The Morgan fingerprint density at radius 3 is 2.32 bits per heavy atom. The molecule has 0 N–H and O–H groups in total. The molecule has 1 aliphatic heterocycles. The number of amides is 2. The average Bonchev–Trinajstić information content (AvgIpc) is 2.71. The number of likely N-dealkylation sites (tertiary alicyclic amines) is 1. The Bertz CT molecular complexity index is 398. The molecule has 0 radical (unpaired) electrons. The molecule has 1 heterocycles. The van der Waals surface area contributed by atoms with E-state index < -0.39 is 11.9 Å². The third kappa shape index (κ3) is 4.90. The predicted molar refractivity (Wildman–Crippen MR) is 62.7 cm³/mol. The molecule has 0 aromatic rings. The zero-order chi connectivity index (χ0) is 14.3. The largest absolute Gasteiger partial charge is 0.466 e. The van der Waals surface area contributed by atoms with E-state index in [1.165, 1.54) is 7.11 Å². The molecule has 0 aliphatic carbocycles. The highest BCUT2D eigenvalue weighted by Crippen LogP contribution is 2.11. The molecular weight excluding hydrogens is 254 g/mol. The fourth-order valence-electron chi connectivity index (χ4n) is 1.52. The minimum Gasteiger partial charge on any atom is -0.466 e. The number of ether oxygens (including phenoxy) is 2. The third-order valence-electron chi connectivity index (χ3n) is 2.48. The number of nitrogens with zero attached hydrogens (tertiary/aromatic N) is 1. The van der Waals surface area contributed by atoms with Gasteiger partial charge < -0.3 is 9.47 Å². The van der Waals surface area contributed by atoms with Gasteiger partial charge in [0.2, 0.25) is 11.8 Å². The maximum absolute atomic E-state index is 11.3. The van der Waals surface area contributed by atoms with E-state index in [2.05, 4.69) is 4.74 Å². The number of carbonyl (C=O) groups is 4. The smallest absolute Gasteiger partial charge is 0.331 e. The maximum atomic E-state index is 11.3. The lowest BCUT2D eigenvalue weighted by molar-refractivity contribution is -0.140. The van der Waals surface area contributed by atoms with Crippen molar-refractivity contribution in [3.05, 3.63) is 12.2 Å². The molecule has 1 rings (SSSR count). The Morgan fingerprint density at radius 2 is 1.74 bits per heavy atom. The van der Waals surface area contributed by atoms with Crippen molar-refractivity contribution in [2.75, 3.05) is 20.3 Å². The van der Waals surface area contributed by atoms with Gasteiger partial charge in [-0.2, -0.15) is 0 Å². The van der Waals surface area contributed by atoms with Crippen LogP contribution in [0.3, 0.4) is 0 Å². The minimum atomic E-state index is -0.676. The number of methoxy groups -OCH3 is 1. The van der Waals surface area contributed by atoms with Gasteiger partial charge in [0.05, 0.1) is 13.7 Å². The summed E-state index contributed by atoms with van der Waals surface area (Å²) in [6.45, 7) is 0.313. The summed E-state index contributed by atoms with van der Waals surface area (Å²) in [5, 5.41) is 0. The van der Waals surface area contributed by atoms with E-state index in [4.69, 9.17) is 4.74 Å². The lowest BCUT2D eigenvalue weighted by atomic mass is 10.4. The van der Waals surface area contributed by atoms with Gasteiger partial charge in [-0.05, 0) is 6.42 Å². The summed E-state index contributed by atoms with van der Waals surface area (Å²) in [6, 6.07) is 0. The molecule has 2 amide bonds. The summed E-state index contributed by atoms with van der Waals surface area (Å²) in [6.07, 6.45) is 2.78. The van der Waals surface area contributed by atoms with Crippen molar-refractivity contribution in [1.29, 1.82) is 0 Å². The van der Waals surface area contributed by atoms with Crippen molar-refractivity contribution < 1.29 is 28.7 Å². The van der Waals surface area contributed by atoms with Gasteiger partial charge in [-0.3, -0.25) is 14.5 Å². The minimum absolute atomic E-state index is 0.0708. The monoisotopic (exact) mass is 269 g/mol. The van der Waals surface area contributed by atoms with Crippen LogP contribution in [0.4, 0.5) is 0 Å². The molecule has 0 unspecified atom stereocenters. The highest BCUT2D eigenvalue weighted by molar-refractivity contribution is 6.01. The second-order valence-corrected chi connectivity index (χ2v) is 3.82. The van der Waals surface area contributed by atoms with Crippen LogP contribution in [0.5, 0.6) is 0 Å². The fourth-order valence-corrected chi connectivity index (χ4v) is 1.52. The van der Waals surface area contributed by atoms with E-state index in [-0.39, 0.29) is 37.8 Å². The standard InChI is InChI=1S/C12H15NO6/c1-18-11(16)5-6-12(17)19-8-2-7-13-9(14)3-4-10(13)15/h5-6H,2-4,7-8H2,1H3/b6-5+. The summed E-state index contributed by atoms with van der Waals surface area (Å²) in [5.74, 6) is -1.71. The molecule has 1 aliphatic rings. The van der Waals surface area contributed by atoms with Crippen molar-refractivity contribution in [1.82, 2.24) is 4.90 Å². The van der Waals surface area contributed by atoms with E-state index in [0.29, 0.717) is 6.42 Å². The van der Waals surface area contributed by atoms with Gasteiger partial charge in [0.1, 0.15) is 0 Å². The fraction of sp³-hybridized carbons (Fsp3) is 0.500. The predicted octanol–water partition coefficient (Wildman–Crippen LogP) is -0.202. The quantitative estimate of drug-likeness (QED) is 0.287. The molecule has 0 saturated carbocycles. The summed E-state index contributed by atoms with van der Waals surface area (Å²) in [7, 11) is 1.20. The Kier molecular flexibility index (Phi) is 5.72. The molecule has 1 fully saturated rings. The van der Waals surface area contributed by atoms with E-state index in [1.54, 1.807) is 0 Å². The lowest BCUT2D eigenvalue weighted by Crippen LogP contribution is -2.30. The van der Waals surface area contributed by atoms with Crippen LogP contribution in [0.15, 0.2) is 12.2 Å². The number of rotatable bonds is 6. The van der Waals surface area contributed by atoms with Crippen LogP contribution in [0.2, 0.25) is 0 Å². The molecule has 0 bridgehead atoms. The average molecular weight is 269 g/mol. The molecule has 104 valence electrons. The second-order valence-electron chi connectivity index (χ2n) is 3.82. The molecule has 0 aromatic heterocycles. The number of imide groups is 1. The lowest BCUT2D eigenvalue weighted by Gasteiger charge is -2.12. The van der Waals surface area contributed by atoms with Crippen LogP contribution >= 0.6 is 0 Å². The van der Waals surface area contributed by atoms with Crippen LogP contribution < -0.4 is 0 Å². The van der Waals surface area contributed by atoms with E-state index in [0.717, 1.165) is 17.1 Å². The third-order valence-corrected chi connectivity index (χ3v) is 2.48. The van der Waals surface area contributed by atoms with Crippen molar-refractivity contribution in [3.8, 4) is 0 Å². The van der Waals surface area contributed by atoms with Gasteiger partial charge in [0.25, 0.3) is 0 Å². The van der Waals surface area contributed by atoms with E-state index >= 15 is 0 Å². The zero-order valence-corrected chi connectivity index (χ0v) is 10.6. The van der Waals surface area contributed by atoms with Crippen molar-refractivity contribution in [3.63, 3.8) is 0 Å². The highest BCUT2D eigenvalue weighted by atomic mass is 16.5. The Balaban J connectivity index is 2.19. The number of esters is 2. The molecule has 1 saturated heterocycles. The molecule has 0 spiro atoms. The van der Waals surface area contributed by atoms with Crippen molar-refractivity contribution in [2.45, 2.75) is 19.3 Å². The Hall–Kier alpha value is -2.18. The maximum Gasteiger partial charge on any atom is 0.331 e. The first-order valence-electron chi connectivity index (χ1n) is 5.80. The summed E-state index contributed by atoms with van der Waals surface area (Å²) in [5.41, 5.74) is 0. The van der Waals surface area contributed by atoms with Gasteiger partial charge in [-0.25, -0.2) is 9.59 Å². The van der Waals surface area contributed by atoms with Crippen LogP contribution in [0.25, 0.3) is 0 Å². The Labute approximate surface area is 110 Å². The second kappa shape index (κ2) is 7.30. The first-order valence-corrected chi connectivity index (χ1v) is 5.80. The number of hydrogen-bond acceptors (Lipinski definition) is 6. The van der Waals surface area contributed by atoms with Gasteiger partial charge in [-0.1, -0.05) is 0 Å². The van der Waals surface area contributed by atoms with Gasteiger partial charge in [-0.15, -0.1) is 0 Å². The van der Waals surface area contributed by atoms with Gasteiger partial charge >= 0.3 is 11.9 Å². The normalized spacial score (nSPS) is 15.1. The van der Waals surface area contributed by atoms with Crippen molar-refractivity contribution in [2.24, 2.45) is 0 Å². The topological polar surface area (TPSA) is 90.0 Å². The van der Waals surface area contributed by atoms with Gasteiger partial charge in [0, 0.05) is 31.5 Å². The van der Waals surface area contributed by atoms with Crippen LogP contribution in [0.1, 0.15) is 19.3 Å². The molecule has 7 heteroatoms. The molecule has 7 nitrogen and oxygen atoms in total. The van der Waals surface area contributed by atoms with Crippen LogP contribution in [-0.2, 0) is 28.7 Å². The number of hydrogen-bond donors (Lipinski definition) is 0. The zero-order valence-electron chi connectivity index (χ0n) is 10.6. The first kappa shape index (κ1) is 14.9. The molecule has 0 aromatic carbocycles. The van der Waals surface area contributed by atoms with E-state index in [1.807, 2.05) is 0 Å². The highest BCUT2D eigenvalue weighted by Gasteiger charge is 2.27. The van der Waals surface area contributed by atoms with E-state index in [9.17, 15) is 19.2 Å². The summed E-state index contributed by atoms with van der Waals surface area (Å²) >= 11 is 0. The van der Waals surface area contributed by atoms with Crippen molar-refractivity contribution >= 4 is 23.8 Å². The SMILES string of the molecule is COC(=O)/C=C/C(=O)OCCCN1C(=O)CCC1=O. The van der Waals surface area contributed by atoms with Crippen LogP contribution in [-0.4, -0.2) is 48.9 Å². The molecule has 19 heavy (non-hydrogen) atoms. The summed E-state index contributed by atoms with van der Waals surface area (Å²) in [4.78, 5) is 45.5. The van der Waals surface area contributed by atoms with Gasteiger partial charge in [0.15, 0.2) is 0 Å². The molecular formula is C12H15NO6. The first-order chi connectivity index (χ1) is 9.04.